The molecule has 3 amide bonds. The largest absolute Gasteiger partial charge is 0.361 e. The summed E-state index contributed by atoms with van der Waals surface area (Å²) in [5.74, 6) is -0.634. The maximum absolute atomic E-state index is 13.2. The van der Waals surface area contributed by atoms with Crippen molar-refractivity contribution in [2.75, 3.05) is 26.2 Å². The first kappa shape index (κ1) is 27.6. The highest BCUT2D eigenvalue weighted by atomic mass is 79.9. The van der Waals surface area contributed by atoms with Crippen LogP contribution in [-0.4, -0.2) is 58.7 Å². The summed E-state index contributed by atoms with van der Waals surface area (Å²) in [6, 6.07) is 6.27. The molecule has 0 unspecified atom stereocenters. The van der Waals surface area contributed by atoms with Crippen LogP contribution < -0.4 is 5.73 Å². The summed E-state index contributed by atoms with van der Waals surface area (Å²) in [4.78, 5) is 44.6. The lowest BCUT2D eigenvalue weighted by molar-refractivity contribution is -0.145. The van der Waals surface area contributed by atoms with Crippen molar-refractivity contribution in [2.24, 2.45) is 17.6 Å². The maximum Gasteiger partial charge on any atom is 0.311 e. The number of halogens is 3. The van der Waals surface area contributed by atoms with E-state index in [2.05, 4.69) is 44.0 Å². The van der Waals surface area contributed by atoms with Gasteiger partial charge in [0, 0.05) is 58.7 Å². The lowest BCUT2D eigenvalue weighted by Crippen LogP contribution is -2.45. The average Bonchev–Trinajstić information content (AvgIpc) is 3.05. The van der Waals surface area contributed by atoms with Crippen molar-refractivity contribution in [3.05, 3.63) is 60.7 Å². The number of likely N-dealkylation sites (tertiary alicyclic amines) is 2. The van der Waals surface area contributed by atoms with Crippen molar-refractivity contribution < 1.29 is 14.4 Å². The van der Waals surface area contributed by atoms with Crippen molar-refractivity contribution in [1.29, 1.82) is 0 Å². The Morgan fingerprint density at radius 2 is 1.61 bits per heavy atom. The van der Waals surface area contributed by atoms with Crippen LogP contribution in [0.25, 0.3) is 0 Å². The number of nitrogens with zero attached hydrogens (tertiary/aromatic N) is 3. The quantitative estimate of drug-likeness (QED) is 0.475. The summed E-state index contributed by atoms with van der Waals surface area (Å²) in [5.41, 5.74) is 10.1. The van der Waals surface area contributed by atoms with E-state index in [0.717, 1.165) is 58.4 Å². The zero-order valence-corrected chi connectivity index (χ0v) is 25.0. The van der Waals surface area contributed by atoms with Crippen LogP contribution in [0.4, 0.5) is 0 Å². The van der Waals surface area contributed by atoms with E-state index in [-0.39, 0.29) is 17.7 Å². The lowest BCUT2D eigenvalue weighted by atomic mass is 9.76. The average molecular weight is 667 g/mol. The number of carbonyl (C=O) groups excluding carboxylic acids is 3. The molecule has 2 aliphatic heterocycles. The Balaban J connectivity index is 1.27. The van der Waals surface area contributed by atoms with Gasteiger partial charge in [-0.2, -0.15) is 0 Å². The van der Waals surface area contributed by atoms with Crippen molar-refractivity contribution in [3.8, 4) is 0 Å². The molecule has 0 bridgehead atoms. The van der Waals surface area contributed by atoms with E-state index in [1.54, 1.807) is 0 Å². The van der Waals surface area contributed by atoms with Crippen LogP contribution in [0.15, 0.2) is 33.3 Å². The number of primary amides is 1. The fraction of sp³-hybridized carbons (Fsp3) is 0.500. The first-order valence-corrected chi connectivity index (χ1v) is 15.2. The lowest BCUT2D eigenvalue weighted by Gasteiger charge is -2.38. The Bertz CT molecular complexity index is 1260. The van der Waals surface area contributed by atoms with E-state index in [9.17, 15) is 14.4 Å². The molecule has 1 atom stereocenters. The molecule has 7 nitrogen and oxygen atoms in total. The molecule has 1 aromatic heterocycles. The van der Waals surface area contributed by atoms with Gasteiger partial charge in [0.15, 0.2) is 0 Å². The number of benzene rings is 1. The minimum atomic E-state index is -0.917. The van der Waals surface area contributed by atoms with Gasteiger partial charge in [0.1, 0.15) is 0 Å². The van der Waals surface area contributed by atoms with Gasteiger partial charge in [0.25, 0.3) is 0 Å². The summed E-state index contributed by atoms with van der Waals surface area (Å²) in [6.07, 6.45) is 7.46. The number of pyridine rings is 1. The Hall–Kier alpha value is -1.97. The minimum Gasteiger partial charge on any atom is -0.361 e. The van der Waals surface area contributed by atoms with Gasteiger partial charge in [-0.1, -0.05) is 27.5 Å². The van der Waals surface area contributed by atoms with Gasteiger partial charge in [-0.15, -0.1) is 0 Å². The zero-order chi connectivity index (χ0) is 27.0. The third kappa shape index (κ3) is 5.80. The predicted octanol–water partition coefficient (Wildman–Crippen LogP) is 4.84. The molecular formula is C28H31Br2ClN4O3. The maximum atomic E-state index is 13.2. The molecule has 1 aliphatic carbocycles. The molecular weight excluding hydrogens is 636 g/mol. The molecule has 202 valence electrons. The standard InChI is InChI=1S/C28H31Br2ClN4O3/c29-20-12-19-2-1-18-13-21(31)14-22(30)24(18)25(26(19)33-15-20)17-5-9-34(10-6-17)23(36)11-16-3-7-35(8-4-16)28(38)27(32)37/h12-17,25H,1-11H2,(H2,32,37)/t25-/m1/s1. The fourth-order valence-electron chi connectivity index (χ4n) is 6.38. The van der Waals surface area contributed by atoms with Gasteiger partial charge in [-0.25, -0.2) is 0 Å². The van der Waals surface area contributed by atoms with Gasteiger partial charge in [-0.3, -0.25) is 19.4 Å². The SMILES string of the molecule is NC(=O)C(=O)N1CCC(CC(=O)N2CCC([C@H]3c4ncc(Br)cc4CCc4cc(Cl)cc(Br)c43)CC2)CC1. The Labute approximate surface area is 244 Å². The second-order valence-corrected chi connectivity index (χ2v) is 12.9. The van der Waals surface area contributed by atoms with Crippen LogP contribution in [-0.2, 0) is 27.2 Å². The van der Waals surface area contributed by atoms with Crippen molar-refractivity contribution in [2.45, 2.75) is 50.9 Å². The van der Waals surface area contributed by atoms with E-state index >= 15 is 0 Å². The molecule has 38 heavy (non-hydrogen) atoms. The Morgan fingerprint density at radius 3 is 2.29 bits per heavy atom. The number of carbonyl (C=O) groups is 3. The summed E-state index contributed by atoms with van der Waals surface area (Å²) in [5, 5.41) is 0.736. The third-order valence-electron chi connectivity index (χ3n) is 8.36. The van der Waals surface area contributed by atoms with Crippen molar-refractivity contribution in [1.82, 2.24) is 14.8 Å². The van der Waals surface area contributed by atoms with Crippen LogP contribution in [0.5, 0.6) is 0 Å². The van der Waals surface area contributed by atoms with Crippen LogP contribution in [0.1, 0.15) is 60.4 Å². The van der Waals surface area contributed by atoms with Crippen LogP contribution in [0.3, 0.4) is 0 Å². The van der Waals surface area contributed by atoms with Gasteiger partial charge < -0.3 is 15.5 Å². The van der Waals surface area contributed by atoms with E-state index in [1.807, 2.05) is 17.2 Å². The van der Waals surface area contributed by atoms with Gasteiger partial charge >= 0.3 is 11.8 Å². The summed E-state index contributed by atoms with van der Waals surface area (Å²) in [7, 11) is 0. The third-order valence-corrected chi connectivity index (χ3v) is 9.66. The Kier molecular flexibility index (Phi) is 8.45. The van der Waals surface area contributed by atoms with Gasteiger partial charge in [0.05, 0.1) is 5.69 Å². The number of fused-ring (bicyclic) bond motifs is 2. The van der Waals surface area contributed by atoms with Gasteiger partial charge in [-0.05, 0) is 101 Å². The van der Waals surface area contributed by atoms with Crippen molar-refractivity contribution >= 4 is 61.2 Å². The molecule has 2 aromatic rings. The van der Waals surface area contributed by atoms with E-state index < -0.39 is 11.8 Å². The molecule has 0 radical (unpaired) electrons. The smallest absolute Gasteiger partial charge is 0.311 e. The summed E-state index contributed by atoms with van der Waals surface area (Å²) < 4.78 is 2.02. The molecule has 2 saturated heterocycles. The van der Waals surface area contributed by atoms with Crippen LogP contribution >= 0.6 is 43.5 Å². The normalized spacial score (nSPS) is 20.4. The number of hydrogen-bond donors (Lipinski definition) is 1. The number of rotatable bonds is 3. The Morgan fingerprint density at radius 1 is 0.947 bits per heavy atom. The molecule has 3 aliphatic rings. The monoisotopic (exact) mass is 664 g/mol. The van der Waals surface area contributed by atoms with Crippen LogP contribution in [0.2, 0.25) is 5.02 Å². The summed E-state index contributed by atoms with van der Waals surface area (Å²) >= 11 is 13.9. The molecule has 5 rings (SSSR count). The molecule has 2 N–H and O–H groups in total. The highest BCUT2D eigenvalue weighted by Gasteiger charge is 2.37. The number of piperidine rings is 2. The molecule has 10 heteroatoms. The topological polar surface area (TPSA) is 96.6 Å². The second kappa shape index (κ2) is 11.6. The molecule has 1 aromatic carbocycles. The fourth-order valence-corrected chi connectivity index (χ4v) is 7.88. The number of amides is 3. The molecule has 0 saturated carbocycles. The minimum absolute atomic E-state index is 0.145. The first-order valence-electron chi connectivity index (χ1n) is 13.2. The molecule has 0 spiro atoms. The van der Waals surface area contributed by atoms with Crippen LogP contribution in [0, 0.1) is 11.8 Å². The number of nitrogens with two attached hydrogens (primary N) is 1. The number of aryl methyl sites for hydroxylation is 2. The van der Waals surface area contributed by atoms with Gasteiger partial charge in [0.2, 0.25) is 5.91 Å². The predicted molar refractivity (Wildman–Crippen MR) is 153 cm³/mol. The molecule has 2 fully saturated rings. The zero-order valence-electron chi connectivity index (χ0n) is 21.1. The second-order valence-electron chi connectivity index (χ2n) is 10.7. The first-order chi connectivity index (χ1) is 18.2. The molecule has 3 heterocycles. The van der Waals surface area contributed by atoms with Crippen molar-refractivity contribution in [3.63, 3.8) is 0 Å². The number of hydrogen-bond acceptors (Lipinski definition) is 4. The van der Waals surface area contributed by atoms with E-state index in [0.29, 0.717) is 38.3 Å². The number of aromatic nitrogens is 1. The van der Waals surface area contributed by atoms with E-state index in [4.69, 9.17) is 22.3 Å². The van der Waals surface area contributed by atoms with E-state index in [1.165, 1.54) is 21.6 Å². The summed E-state index contributed by atoms with van der Waals surface area (Å²) in [6.45, 7) is 2.41. The highest BCUT2D eigenvalue weighted by molar-refractivity contribution is 9.10. The highest BCUT2D eigenvalue weighted by Crippen LogP contribution is 2.46.